The lowest BCUT2D eigenvalue weighted by Crippen LogP contribution is -2.19. The van der Waals surface area contributed by atoms with E-state index in [-0.39, 0.29) is 11.9 Å². The summed E-state index contributed by atoms with van der Waals surface area (Å²) >= 11 is 9.57. The molecule has 2 nitrogen and oxygen atoms in total. The van der Waals surface area contributed by atoms with Crippen LogP contribution in [0.5, 0.6) is 5.75 Å². The van der Waals surface area contributed by atoms with E-state index in [0.29, 0.717) is 17.0 Å². The monoisotopic (exact) mass is 371 g/mol. The van der Waals surface area contributed by atoms with Gasteiger partial charge in [0.15, 0.2) is 0 Å². The number of hydrogen-bond acceptors (Lipinski definition) is 2. The number of likely N-dealkylation sites (N-methyl/N-ethyl adjacent to an activating group) is 1. The van der Waals surface area contributed by atoms with Crippen molar-refractivity contribution < 1.29 is 9.13 Å². The fourth-order valence-electron chi connectivity index (χ4n) is 2.22. The molecular formula is C16H16BrClFNO. The zero-order chi connectivity index (χ0) is 15.4. The first-order valence-electron chi connectivity index (χ1n) is 6.50. The van der Waals surface area contributed by atoms with Gasteiger partial charge in [-0.25, -0.2) is 4.39 Å². The maximum Gasteiger partial charge on any atom is 0.133 e. The smallest absolute Gasteiger partial charge is 0.133 e. The lowest BCUT2D eigenvalue weighted by Gasteiger charge is -2.19. The molecule has 5 heteroatoms. The van der Waals surface area contributed by atoms with Gasteiger partial charge < -0.3 is 10.1 Å². The predicted molar refractivity (Wildman–Crippen MR) is 87.6 cm³/mol. The minimum atomic E-state index is -0.282. The molecule has 0 aliphatic rings. The minimum Gasteiger partial charge on any atom is -0.496 e. The molecule has 2 rings (SSSR count). The topological polar surface area (TPSA) is 21.3 Å². The molecule has 0 radical (unpaired) electrons. The van der Waals surface area contributed by atoms with Gasteiger partial charge in [0.05, 0.1) is 11.6 Å². The Morgan fingerprint density at radius 3 is 2.67 bits per heavy atom. The van der Waals surface area contributed by atoms with Crippen LogP contribution < -0.4 is 10.1 Å². The van der Waals surface area contributed by atoms with E-state index in [1.54, 1.807) is 19.2 Å². The maximum absolute atomic E-state index is 13.9. The standard InChI is InChI=1S/C16H16BrClFNO/c1-20-15(9-11-13(18)4-3-5-14(11)19)10-6-7-16(21-2)12(17)8-10/h3-8,15,20H,9H2,1-2H3. The third kappa shape index (κ3) is 3.76. The van der Waals surface area contributed by atoms with Crippen LogP contribution in [0.15, 0.2) is 40.9 Å². The Kier molecular flexibility index (Phi) is 5.62. The number of ether oxygens (including phenoxy) is 1. The van der Waals surface area contributed by atoms with Crippen LogP contribution in [0.4, 0.5) is 4.39 Å². The molecule has 2 aromatic rings. The third-order valence-corrected chi connectivity index (χ3v) is 4.37. The molecular weight excluding hydrogens is 357 g/mol. The third-order valence-electron chi connectivity index (χ3n) is 3.40. The normalized spacial score (nSPS) is 12.2. The summed E-state index contributed by atoms with van der Waals surface area (Å²) in [6.45, 7) is 0. The zero-order valence-corrected chi connectivity index (χ0v) is 14.1. The highest BCUT2D eigenvalue weighted by Crippen LogP contribution is 2.31. The van der Waals surface area contributed by atoms with Crippen molar-refractivity contribution in [3.05, 3.63) is 62.8 Å². The Morgan fingerprint density at radius 2 is 2.10 bits per heavy atom. The van der Waals surface area contributed by atoms with Crippen molar-refractivity contribution in [1.29, 1.82) is 0 Å². The van der Waals surface area contributed by atoms with Gasteiger partial charge in [0, 0.05) is 16.6 Å². The van der Waals surface area contributed by atoms with Crippen molar-refractivity contribution >= 4 is 27.5 Å². The number of halogens is 3. The molecule has 112 valence electrons. The summed E-state index contributed by atoms with van der Waals surface area (Å²) in [5, 5.41) is 3.65. The van der Waals surface area contributed by atoms with Crippen molar-refractivity contribution in [2.45, 2.75) is 12.5 Å². The van der Waals surface area contributed by atoms with Gasteiger partial charge in [0.2, 0.25) is 0 Å². The van der Waals surface area contributed by atoms with Crippen molar-refractivity contribution in [2.75, 3.05) is 14.2 Å². The Bertz CT molecular complexity index is 615. The van der Waals surface area contributed by atoms with Gasteiger partial charge >= 0.3 is 0 Å². The van der Waals surface area contributed by atoms with E-state index in [1.807, 2.05) is 25.2 Å². The van der Waals surface area contributed by atoms with Gasteiger partial charge in [-0.1, -0.05) is 23.7 Å². The van der Waals surface area contributed by atoms with Crippen molar-refractivity contribution in [1.82, 2.24) is 5.32 Å². The fourth-order valence-corrected chi connectivity index (χ4v) is 3.02. The number of rotatable bonds is 5. The van der Waals surface area contributed by atoms with E-state index in [2.05, 4.69) is 21.2 Å². The summed E-state index contributed by atoms with van der Waals surface area (Å²) in [7, 11) is 3.46. The molecule has 0 amide bonds. The molecule has 1 atom stereocenters. The van der Waals surface area contributed by atoms with Crippen LogP contribution in [0.2, 0.25) is 5.02 Å². The second-order valence-electron chi connectivity index (χ2n) is 4.64. The van der Waals surface area contributed by atoms with Crippen LogP contribution in [0.3, 0.4) is 0 Å². The number of nitrogens with one attached hydrogen (secondary N) is 1. The SMILES string of the molecule is CNC(Cc1c(F)cccc1Cl)c1ccc(OC)c(Br)c1. The van der Waals surface area contributed by atoms with E-state index < -0.39 is 0 Å². The Balaban J connectivity index is 2.30. The molecule has 0 saturated heterocycles. The first-order chi connectivity index (χ1) is 10.1. The van der Waals surface area contributed by atoms with E-state index in [0.717, 1.165) is 15.8 Å². The molecule has 1 N–H and O–H groups in total. The summed E-state index contributed by atoms with van der Waals surface area (Å²) < 4.78 is 20.0. The van der Waals surface area contributed by atoms with Gasteiger partial charge in [-0.2, -0.15) is 0 Å². The highest BCUT2D eigenvalue weighted by molar-refractivity contribution is 9.10. The van der Waals surface area contributed by atoms with E-state index in [4.69, 9.17) is 16.3 Å². The molecule has 0 fully saturated rings. The minimum absolute atomic E-state index is 0.0402. The molecule has 0 heterocycles. The van der Waals surface area contributed by atoms with Gasteiger partial charge in [0.25, 0.3) is 0 Å². The highest BCUT2D eigenvalue weighted by atomic mass is 79.9. The second kappa shape index (κ2) is 7.25. The molecule has 21 heavy (non-hydrogen) atoms. The molecule has 2 aromatic carbocycles. The molecule has 0 bridgehead atoms. The predicted octanol–water partition coefficient (Wildman–Crippen LogP) is 4.75. The van der Waals surface area contributed by atoms with Crippen molar-refractivity contribution in [3.63, 3.8) is 0 Å². The van der Waals surface area contributed by atoms with Gasteiger partial charge in [-0.05, 0) is 59.2 Å². The number of hydrogen-bond donors (Lipinski definition) is 1. The van der Waals surface area contributed by atoms with E-state index in [1.165, 1.54) is 6.07 Å². The summed E-state index contributed by atoms with van der Waals surface area (Å²) in [5.41, 5.74) is 1.55. The first kappa shape index (κ1) is 16.3. The quantitative estimate of drug-likeness (QED) is 0.817. The molecule has 0 saturated carbocycles. The van der Waals surface area contributed by atoms with Crippen LogP contribution in [-0.4, -0.2) is 14.2 Å². The average Bonchev–Trinajstić information content (AvgIpc) is 2.47. The zero-order valence-electron chi connectivity index (χ0n) is 11.8. The van der Waals surface area contributed by atoms with Crippen LogP contribution >= 0.6 is 27.5 Å². The Morgan fingerprint density at radius 1 is 1.33 bits per heavy atom. The van der Waals surface area contributed by atoms with Crippen LogP contribution in [-0.2, 0) is 6.42 Å². The van der Waals surface area contributed by atoms with E-state index >= 15 is 0 Å². The number of benzene rings is 2. The van der Waals surface area contributed by atoms with Gasteiger partial charge in [-0.3, -0.25) is 0 Å². The Hall–Kier alpha value is -1.10. The Labute approximate surface area is 137 Å². The molecule has 0 aromatic heterocycles. The molecule has 0 aliphatic carbocycles. The lowest BCUT2D eigenvalue weighted by atomic mass is 9.98. The average molecular weight is 373 g/mol. The lowest BCUT2D eigenvalue weighted by molar-refractivity contribution is 0.411. The molecule has 1 unspecified atom stereocenters. The summed E-state index contributed by atoms with van der Waals surface area (Å²) in [4.78, 5) is 0. The summed E-state index contributed by atoms with van der Waals surface area (Å²) in [6, 6.07) is 10.5. The molecule has 0 aliphatic heterocycles. The van der Waals surface area contributed by atoms with Crippen molar-refractivity contribution in [2.24, 2.45) is 0 Å². The van der Waals surface area contributed by atoms with Crippen LogP contribution in [0.25, 0.3) is 0 Å². The first-order valence-corrected chi connectivity index (χ1v) is 7.67. The number of methoxy groups -OCH3 is 1. The van der Waals surface area contributed by atoms with Gasteiger partial charge in [-0.15, -0.1) is 0 Å². The van der Waals surface area contributed by atoms with Crippen LogP contribution in [0.1, 0.15) is 17.2 Å². The summed E-state index contributed by atoms with van der Waals surface area (Å²) in [5.74, 6) is 0.479. The van der Waals surface area contributed by atoms with Crippen molar-refractivity contribution in [3.8, 4) is 5.75 Å². The summed E-state index contributed by atoms with van der Waals surface area (Å²) in [6.07, 6.45) is 0.473. The second-order valence-corrected chi connectivity index (χ2v) is 5.90. The van der Waals surface area contributed by atoms with E-state index in [9.17, 15) is 4.39 Å². The fraction of sp³-hybridized carbons (Fsp3) is 0.250. The van der Waals surface area contributed by atoms with Gasteiger partial charge in [0.1, 0.15) is 11.6 Å². The largest absolute Gasteiger partial charge is 0.496 e. The highest BCUT2D eigenvalue weighted by Gasteiger charge is 2.16. The molecule has 0 spiro atoms. The van der Waals surface area contributed by atoms with Crippen LogP contribution in [0, 0.1) is 5.82 Å². The maximum atomic E-state index is 13.9.